The predicted molar refractivity (Wildman–Crippen MR) is 78.9 cm³/mol. The number of nitrogens with zero attached hydrogens (tertiary/aromatic N) is 3. The van der Waals surface area contributed by atoms with Crippen molar-refractivity contribution in [1.82, 2.24) is 10.1 Å². The first-order chi connectivity index (χ1) is 11.0. The average molecular weight is 315 g/mol. The van der Waals surface area contributed by atoms with Gasteiger partial charge in [-0.05, 0) is 12.1 Å². The number of carbonyl (C=O) groups is 3. The lowest BCUT2D eigenvalue weighted by atomic mass is 10.1. The molecule has 1 aliphatic heterocycles. The predicted octanol–water partition coefficient (Wildman–Crippen LogP) is 0.845. The van der Waals surface area contributed by atoms with Gasteiger partial charge in [0.25, 0.3) is 0 Å². The van der Waals surface area contributed by atoms with Crippen LogP contribution in [-0.2, 0) is 9.59 Å². The molecule has 1 fully saturated rings. The summed E-state index contributed by atoms with van der Waals surface area (Å²) in [6.45, 7) is 0.839. The highest BCUT2D eigenvalue weighted by molar-refractivity contribution is 6.40. The van der Waals surface area contributed by atoms with Crippen molar-refractivity contribution in [2.45, 2.75) is 0 Å². The minimum absolute atomic E-state index is 0.267. The standard InChI is InChI=1S/C15H13N3O5/c1-17-5-6-18(14(20)13(17)19)10-4-2-3-9(7-10)11-8-12(15(21)22)23-16-11/h2-4,7-8H,5-6H2,1H3,(H,21,22). The molecule has 0 bridgehead atoms. The molecule has 0 atom stereocenters. The van der Waals surface area contributed by atoms with Crippen molar-refractivity contribution < 1.29 is 24.0 Å². The first-order valence-electron chi connectivity index (χ1n) is 6.85. The second kappa shape index (κ2) is 5.56. The summed E-state index contributed by atoms with van der Waals surface area (Å²) in [5.74, 6) is -2.63. The molecule has 8 heteroatoms. The molecule has 2 amide bonds. The lowest BCUT2D eigenvalue weighted by Crippen LogP contribution is -2.53. The number of carbonyl (C=O) groups excluding carboxylic acids is 2. The molecule has 0 spiro atoms. The quantitative estimate of drug-likeness (QED) is 0.842. The summed E-state index contributed by atoms with van der Waals surface area (Å²) < 4.78 is 4.73. The molecule has 118 valence electrons. The van der Waals surface area contributed by atoms with Gasteiger partial charge in [-0.1, -0.05) is 17.3 Å². The number of carboxylic acid groups (broad SMARTS) is 1. The van der Waals surface area contributed by atoms with Gasteiger partial charge in [-0.3, -0.25) is 9.59 Å². The molecule has 2 heterocycles. The smallest absolute Gasteiger partial charge is 0.374 e. The summed E-state index contributed by atoms with van der Waals surface area (Å²) in [6, 6.07) is 8.10. The molecule has 0 radical (unpaired) electrons. The fourth-order valence-corrected chi connectivity index (χ4v) is 2.32. The number of rotatable bonds is 3. The Morgan fingerprint density at radius 3 is 2.70 bits per heavy atom. The number of aromatic carboxylic acids is 1. The third kappa shape index (κ3) is 2.66. The maximum atomic E-state index is 12.1. The number of benzene rings is 1. The Hall–Kier alpha value is -3.16. The molecule has 1 N–H and O–H groups in total. The van der Waals surface area contributed by atoms with Gasteiger partial charge in [-0.15, -0.1) is 0 Å². The second-order valence-corrected chi connectivity index (χ2v) is 5.12. The van der Waals surface area contributed by atoms with Crippen LogP contribution in [0.5, 0.6) is 0 Å². The van der Waals surface area contributed by atoms with Crippen LogP contribution < -0.4 is 4.90 Å². The molecule has 1 aromatic heterocycles. The number of amides is 2. The second-order valence-electron chi connectivity index (χ2n) is 5.12. The molecule has 2 aromatic rings. The molecular formula is C15H13N3O5. The van der Waals surface area contributed by atoms with Crippen LogP contribution in [0.25, 0.3) is 11.3 Å². The average Bonchev–Trinajstić information content (AvgIpc) is 3.03. The van der Waals surface area contributed by atoms with Crippen molar-refractivity contribution in [2.24, 2.45) is 0 Å². The number of anilines is 1. The fraction of sp³-hybridized carbons (Fsp3) is 0.200. The number of carboxylic acids is 1. The Labute approximate surface area is 130 Å². The lowest BCUT2D eigenvalue weighted by Gasteiger charge is -2.31. The molecular weight excluding hydrogens is 302 g/mol. The fourth-order valence-electron chi connectivity index (χ4n) is 2.32. The summed E-state index contributed by atoms with van der Waals surface area (Å²) in [7, 11) is 1.58. The highest BCUT2D eigenvalue weighted by Gasteiger charge is 2.31. The SMILES string of the molecule is CN1CCN(c2cccc(-c3cc(C(=O)O)on3)c2)C(=O)C1=O. The van der Waals surface area contributed by atoms with E-state index in [2.05, 4.69) is 5.16 Å². The lowest BCUT2D eigenvalue weighted by molar-refractivity contribution is -0.145. The highest BCUT2D eigenvalue weighted by atomic mass is 16.5. The van der Waals surface area contributed by atoms with Crippen LogP contribution in [0.1, 0.15) is 10.6 Å². The summed E-state index contributed by atoms with van der Waals surface area (Å²) in [5.41, 5.74) is 1.49. The maximum Gasteiger partial charge on any atom is 0.374 e. The minimum Gasteiger partial charge on any atom is -0.475 e. The normalized spacial score (nSPS) is 15.2. The van der Waals surface area contributed by atoms with Gasteiger partial charge in [0.05, 0.1) is 0 Å². The van der Waals surface area contributed by atoms with Gasteiger partial charge in [-0.2, -0.15) is 0 Å². The Balaban J connectivity index is 1.92. The monoisotopic (exact) mass is 315 g/mol. The molecule has 1 aliphatic rings. The number of hydrogen-bond donors (Lipinski definition) is 1. The Morgan fingerprint density at radius 2 is 2.00 bits per heavy atom. The zero-order valence-electron chi connectivity index (χ0n) is 12.2. The van der Waals surface area contributed by atoms with E-state index in [1.165, 1.54) is 15.9 Å². The summed E-state index contributed by atoms with van der Waals surface area (Å²) in [5, 5.41) is 12.6. The molecule has 0 saturated carbocycles. The van der Waals surface area contributed by atoms with E-state index in [1.807, 2.05) is 0 Å². The van der Waals surface area contributed by atoms with E-state index in [0.29, 0.717) is 30.0 Å². The van der Waals surface area contributed by atoms with E-state index in [-0.39, 0.29) is 5.76 Å². The van der Waals surface area contributed by atoms with Gasteiger partial charge in [-0.25, -0.2) is 4.79 Å². The van der Waals surface area contributed by atoms with Crippen molar-refractivity contribution in [3.05, 3.63) is 36.1 Å². The number of hydrogen-bond acceptors (Lipinski definition) is 5. The van der Waals surface area contributed by atoms with E-state index in [1.54, 1.807) is 31.3 Å². The highest BCUT2D eigenvalue weighted by Crippen LogP contribution is 2.25. The van der Waals surface area contributed by atoms with Crippen molar-refractivity contribution >= 4 is 23.5 Å². The van der Waals surface area contributed by atoms with Crippen molar-refractivity contribution in [1.29, 1.82) is 0 Å². The van der Waals surface area contributed by atoms with Crippen molar-refractivity contribution in [3.8, 4) is 11.3 Å². The van der Waals surface area contributed by atoms with E-state index in [4.69, 9.17) is 9.63 Å². The van der Waals surface area contributed by atoms with Gasteiger partial charge in [0.1, 0.15) is 5.69 Å². The van der Waals surface area contributed by atoms with Crippen LogP contribution in [0.4, 0.5) is 5.69 Å². The number of likely N-dealkylation sites (N-methyl/N-ethyl adjacent to an activating group) is 1. The number of piperazine rings is 1. The third-order valence-electron chi connectivity index (χ3n) is 3.61. The van der Waals surface area contributed by atoms with Gasteiger partial charge in [0.15, 0.2) is 0 Å². The first kappa shape index (κ1) is 14.8. The first-order valence-corrected chi connectivity index (χ1v) is 6.85. The molecule has 8 nitrogen and oxygen atoms in total. The van der Waals surface area contributed by atoms with Crippen LogP contribution in [0, 0.1) is 0 Å². The Bertz CT molecular complexity index is 798. The van der Waals surface area contributed by atoms with E-state index in [0.717, 1.165) is 0 Å². The zero-order valence-corrected chi connectivity index (χ0v) is 12.2. The van der Waals surface area contributed by atoms with Gasteiger partial charge in [0, 0.05) is 37.5 Å². The van der Waals surface area contributed by atoms with Crippen LogP contribution in [0.2, 0.25) is 0 Å². The Morgan fingerprint density at radius 1 is 1.22 bits per heavy atom. The van der Waals surface area contributed by atoms with E-state index >= 15 is 0 Å². The van der Waals surface area contributed by atoms with Crippen molar-refractivity contribution in [3.63, 3.8) is 0 Å². The van der Waals surface area contributed by atoms with E-state index in [9.17, 15) is 14.4 Å². The van der Waals surface area contributed by atoms with Crippen LogP contribution in [0.15, 0.2) is 34.9 Å². The Kier molecular flexibility index (Phi) is 3.57. The van der Waals surface area contributed by atoms with Crippen molar-refractivity contribution in [2.75, 3.05) is 25.0 Å². The molecule has 0 aliphatic carbocycles. The molecule has 23 heavy (non-hydrogen) atoms. The van der Waals surface area contributed by atoms with E-state index < -0.39 is 17.8 Å². The summed E-state index contributed by atoms with van der Waals surface area (Å²) >= 11 is 0. The van der Waals surface area contributed by atoms with Gasteiger partial charge >= 0.3 is 17.8 Å². The minimum atomic E-state index is -1.21. The molecule has 0 unspecified atom stereocenters. The third-order valence-corrected chi connectivity index (χ3v) is 3.61. The van der Waals surface area contributed by atoms with Crippen LogP contribution in [0.3, 0.4) is 0 Å². The molecule has 1 saturated heterocycles. The molecule has 3 rings (SSSR count). The summed E-state index contributed by atoms with van der Waals surface area (Å²) in [6.07, 6.45) is 0. The maximum absolute atomic E-state index is 12.1. The van der Waals surface area contributed by atoms with Gasteiger partial charge < -0.3 is 19.4 Å². The molecule has 1 aromatic carbocycles. The van der Waals surface area contributed by atoms with Crippen LogP contribution in [-0.4, -0.2) is 53.1 Å². The van der Waals surface area contributed by atoms with Gasteiger partial charge in [0.2, 0.25) is 5.76 Å². The largest absolute Gasteiger partial charge is 0.475 e. The zero-order chi connectivity index (χ0) is 16.6. The number of aromatic nitrogens is 1. The topological polar surface area (TPSA) is 104 Å². The summed E-state index contributed by atoms with van der Waals surface area (Å²) in [4.78, 5) is 37.5. The van der Waals surface area contributed by atoms with Crippen LogP contribution >= 0.6 is 0 Å².